The van der Waals surface area contributed by atoms with Crippen LogP contribution in [0.15, 0.2) is 0 Å². The van der Waals surface area contributed by atoms with Crippen molar-refractivity contribution in [3.05, 3.63) is 0 Å². The maximum atomic E-state index is 11.2. The molecule has 2 atom stereocenters. The van der Waals surface area contributed by atoms with Gasteiger partial charge in [-0.15, -0.1) is 5.06 Å². The number of carbonyl (C=O) groups is 2. The van der Waals surface area contributed by atoms with E-state index in [0.29, 0.717) is 0 Å². The molecule has 0 spiro atoms. The van der Waals surface area contributed by atoms with Crippen molar-refractivity contribution in [1.29, 1.82) is 0 Å². The molecule has 1 fully saturated rings. The maximum Gasteiger partial charge on any atom is 1.00 e. The summed E-state index contributed by atoms with van der Waals surface area (Å²) < 4.78 is 4.38. The molecule has 1 aliphatic rings. The molecule has 1 heterocycles. The van der Waals surface area contributed by atoms with Gasteiger partial charge in [-0.2, -0.15) is 0 Å². The van der Waals surface area contributed by atoms with Gasteiger partial charge in [0.05, 0.1) is 7.11 Å². The van der Waals surface area contributed by atoms with Gasteiger partial charge in [-0.25, -0.2) is 14.4 Å². The number of nitrogens with zero attached hydrogens (tertiary/aromatic N) is 1. The Hall–Kier alpha value is 0.496. The summed E-state index contributed by atoms with van der Waals surface area (Å²) >= 11 is 0. The number of hydrogen-bond donors (Lipinski definition) is 1. The Bertz CT molecular complexity index is 287. The van der Waals surface area contributed by atoms with E-state index < -0.39 is 23.2 Å². The van der Waals surface area contributed by atoms with Crippen LogP contribution in [0.1, 0.15) is 20.8 Å². The molecule has 1 saturated heterocycles. The van der Waals surface area contributed by atoms with E-state index >= 15 is 0 Å². The third kappa shape index (κ3) is 2.60. The van der Waals surface area contributed by atoms with Gasteiger partial charge in [-0.05, 0) is 20.8 Å². The topological polar surface area (TPSA) is 79.1 Å². The zero-order valence-electron chi connectivity index (χ0n) is 9.53. The second-order valence-electron chi connectivity index (χ2n) is 4.00. The van der Waals surface area contributed by atoms with Crippen LogP contribution in [0.5, 0.6) is 0 Å². The van der Waals surface area contributed by atoms with Gasteiger partial charge in [0.25, 0.3) is 0 Å². The molecule has 0 aliphatic carbocycles. The van der Waals surface area contributed by atoms with Gasteiger partial charge in [-0.3, -0.25) is 0 Å². The van der Waals surface area contributed by atoms with E-state index in [4.69, 9.17) is 9.94 Å². The van der Waals surface area contributed by atoms with Crippen LogP contribution >= 0.6 is 0 Å². The van der Waals surface area contributed by atoms with E-state index in [1.807, 2.05) is 0 Å². The Balaban J connectivity index is 0.00000196. The fraction of sp³-hybridized carbons (Fsp3) is 0.750. The molecular weight excluding hydrogens is 229 g/mol. The minimum atomic E-state index is -1.95. The van der Waals surface area contributed by atoms with Crippen molar-refractivity contribution in [3.63, 3.8) is 0 Å². The van der Waals surface area contributed by atoms with Crippen molar-refractivity contribution in [1.82, 2.24) is 5.06 Å². The largest absolute Gasteiger partial charge is 1.00 e. The number of esters is 1. The molecule has 0 aromatic rings. The first kappa shape index (κ1) is 15.5. The van der Waals surface area contributed by atoms with Crippen LogP contribution in [0.2, 0.25) is 0 Å². The van der Waals surface area contributed by atoms with Gasteiger partial charge in [0, 0.05) is 5.54 Å². The third-order valence-corrected chi connectivity index (χ3v) is 1.84. The van der Waals surface area contributed by atoms with Gasteiger partial charge in [0.15, 0.2) is 0 Å². The molecule has 1 aliphatic heterocycles. The molecule has 80 valence electrons. The standard InChI is InChI=1S/C8H13NO5.K/c1-7(2,3)9-8(14-9,5(10)11)6(12)13-4;/h1-4H3,(H,10,11);/q;+1. The van der Waals surface area contributed by atoms with E-state index in [9.17, 15) is 9.59 Å². The molecule has 1 rings (SSSR count). The number of aliphatic carboxylic acids is 1. The number of ether oxygens (including phenoxy) is 1. The fourth-order valence-corrected chi connectivity index (χ4v) is 1.19. The molecule has 0 aromatic carbocycles. The second kappa shape index (κ2) is 4.78. The third-order valence-electron chi connectivity index (χ3n) is 1.84. The molecule has 15 heavy (non-hydrogen) atoms. The first-order valence-corrected chi connectivity index (χ1v) is 4.08. The van der Waals surface area contributed by atoms with Crippen molar-refractivity contribution < 1.29 is 75.7 Å². The van der Waals surface area contributed by atoms with Crippen LogP contribution in [0.4, 0.5) is 0 Å². The van der Waals surface area contributed by atoms with Crippen molar-refractivity contribution in [2.45, 2.75) is 32.0 Å². The Morgan fingerprint density at radius 2 is 1.87 bits per heavy atom. The predicted octanol–water partition coefficient (Wildman–Crippen LogP) is -3.01. The van der Waals surface area contributed by atoms with Crippen LogP contribution in [0, 0.1) is 0 Å². The summed E-state index contributed by atoms with van der Waals surface area (Å²) in [5, 5.41) is 9.98. The fourth-order valence-electron chi connectivity index (χ4n) is 1.19. The van der Waals surface area contributed by atoms with Crippen LogP contribution in [0.3, 0.4) is 0 Å². The number of carboxylic acids is 1. The normalized spacial score (nSPS) is 28.9. The quantitative estimate of drug-likeness (QED) is 0.240. The SMILES string of the molecule is COC(=O)C1(C(=O)O)ON1C(C)(C)C.[K+]. The summed E-state index contributed by atoms with van der Waals surface area (Å²) in [6.07, 6.45) is 0. The average Bonchev–Trinajstić information content (AvgIpc) is 2.77. The van der Waals surface area contributed by atoms with Crippen LogP contribution in [0.25, 0.3) is 0 Å². The van der Waals surface area contributed by atoms with Gasteiger partial charge in [0.1, 0.15) is 0 Å². The van der Waals surface area contributed by atoms with Crippen molar-refractivity contribution in [3.8, 4) is 0 Å². The zero-order valence-corrected chi connectivity index (χ0v) is 12.7. The molecule has 2 unspecified atom stereocenters. The van der Waals surface area contributed by atoms with Gasteiger partial charge < -0.3 is 9.84 Å². The molecule has 0 bridgehead atoms. The van der Waals surface area contributed by atoms with Crippen molar-refractivity contribution in [2.24, 2.45) is 0 Å². The summed E-state index contributed by atoms with van der Waals surface area (Å²) in [5.74, 6) is -2.28. The Kier molecular flexibility index (Phi) is 4.94. The number of hydrogen-bond acceptors (Lipinski definition) is 5. The van der Waals surface area contributed by atoms with E-state index in [1.165, 1.54) is 0 Å². The summed E-state index contributed by atoms with van der Waals surface area (Å²) in [4.78, 5) is 26.9. The molecule has 1 N–H and O–H groups in total. The van der Waals surface area contributed by atoms with Crippen LogP contribution < -0.4 is 51.4 Å². The van der Waals surface area contributed by atoms with E-state index in [0.717, 1.165) is 12.2 Å². The summed E-state index contributed by atoms with van der Waals surface area (Å²) in [5.41, 5.74) is -2.51. The molecule has 0 amide bonds. The first-order valence-electron chi connectivity index (χ1n) is 4.08. The number of rotatable bonds is 2. The summed E-state index contributed by atoms with van der Waals surface area (Å²) in [6.45, 7) is 5.21. The summed E-state index contributed by atoms with van der Waals surface area (Å²) in [6, 6.07) is 0. The molecule has 0 radical (unpaired) electrons. The summed E-state index contributed by atoms with van der Waals surface area (Å²) in [7, 11) is 1.12. The molecule has 6 nitrogen and oxygen atoms in total. The number of methoxy groups -OCH3 is 1. The van der Waals surface area contributed by atoms with E-state index in [2.05, 4.69) is 4.74 Å². The molecular formula is C8H13KNO5+. The second-order valence-corrected chi connectivity index (χ2v) is 4.00. The van der Waals surface area contributed by atoms with Crippen molar-refractivity contribution in [2.75, 3.05) is 7.11 Å². The molecule has 0 aromatic heterocycles. The maximum absolute atomic E-state index is 11.2. The Morgan fingerprint density at radius 3 is 2.07 bits per heavy atom. The minimum absolute atomic E-state index is 0. The van der Waals surface area contributed by atoms with Crippen LogP contribution in [-0.2, 0) is 19.2 Å². The van der Waals surface area contributed by atoms with Gasteiger partial charge in [-0.1, -0.05) is 0 Å². The monoisotopic (exact) mass is 242 g/mol. The Labute approximate surface area is 130 Å². The number of carboxylic acid groups (broad SMARTS) is 1. The molecule has 0 saturated carbocycles. The van der Waals surface area contributed by atoms with Gasteiger partial charge in [0.2, 0.25) is 0 Å². The minimum Gasteiger partial charge on any atom is -0.477 e. The van der Waals surface area contributed by atoms with Crippen LogP contribution in [-0.4, -0.2) is 40.5 Å². The first-order chi connectivity index (χ1) is 6.26. The number of hydroxylamine groups is 2. The van der Waals surface area contributed by atoms with E-state index in [-0.39, 0.29) is 51.4 Å². The van der Waals surface area contributed by atoms with E-state index in [1.54, 1.807) is 20.8 Å². The average molecular weight is 242 g/mol. The number of carbonyl (C=O) groups excluding carboxylic acids is 1. The molecule has 7 heteroatoms. The van der Waals surface area contributed by atoms with Crippen molar-refractivity contribution >= 4 is 11.9 Å². The predicted molar refractivity (Wildman–Crippen MR) is 45.1 cm³/mol. The zero-order chi connectivity index (χ0) is 11.1. The smallest absolute Gasteiger partial charge is 0.477 e. The Morgan fingerprint density at radius 1 is 1.40 bits per heavy atom. The van der Waals surface area contributed by atoms with Gasteiger partial charge >= 0.3 is 69.0 Å².